The van der Waals surface area contributed by atoms with E-state index in [0.29, 0.717) is 11.4 Å². The first-order valence-corrected chi connectivity index (χ1v) is 3.93. The number of azo groups is 1. The van der Waals surface area contributed by atoms with Gasteiger partial charge in [0.15, 0.2) is 0 Å². The molecular weight excluding hydrogens is 166 g/mol. The largest absolute Gasteiger partial charge is 0.495 e. The number of anilines is 1. The average molecular weight is 179 g/mol. The molecular formula is C9H13N3O. The Kier molecular flexibility index (Phi) is 2.84. The lowest BCUT2D eigenvalue weighted by Gasteiger charge is -2.06. The fraction of sp³-hybridized carbons (Fsp3) is 0.333. The highest BCUT2D eigenvalue weighted by atomic mass is 16.5. The fourth-order valence-corrected chi connectivity index (χ4v) is 1.09. The summed E-state index contributed by atoms with van der Waals surface area (Å²) in [5, 5.41) is 7.65. The second-order valence-electron chi connectivity index (χ2n) is 2.68. The lowest BCUT2D eigenvalue weighted by atomic mass is 10.1. The van der Waals surface area contributed by atoms with Gasteiger partial charge in [0.1, 0.15) is 5.75 Å². The first-order valence-electron chi connectivity index (χ1n) is 3.93. The Labute approximate surface area is 77.4 Å². The first-order chi connectivity index (χ1) is 6.19. The van der Waals surface area contributed by atoms with E-state index >= 15 is 0 Å². The Balaban J connectivity index is 3.22. The number of methoxy groups -OCH3 is 1. The maximum atomic E-state index is 5.70. The highest BCUT2D eigenvalue weighted by molar-refractivity contribution is 5.63. The number of hydrogen-bond acceptors (Lipinski definition) is 4. The minimum absolute atomic E-state index is 0.620. The van der Waals surface area contributed by atoms with E-state index < -0.39 is 0 Å². The zero-order valence-corrected chi connectivity index (χ0v) is 8.03. The second kappa shape index (κ2) is 3.89. The molecule has 1 aromatic rings. The van der Waals surface area contributed by atoms with Crippen molar-refractivity contribution in [3.63, 3.8) is 0 Å². The molecule has 0 saturated heterocycles. The van der Waals surface area contributed by atoms with Crippen molar-refractivity contribution in [2.45, 2.75) is 6.92 Å². The minimum Gasteiger partial charge on any atom is -0.495 e. The van der Waals surface area contributed by atoms with Crippen molar-refractivity contribution in [3.8, 4) is 5.75 Å². The highest BCUT2D eigenvalue weighted by Crippen LogP contribution is 2.30. The van der Waals surface area contributed by atoms with Gasteiger partial charge in [-0.15, -0.1) is 0 Å². The van der Waals surface area contributed by atoms with Crippen molar-refractivity contribution in [1.29, 1.82) is 0 Å². The van der Waals surface area contributed by atoms with Crippen LogP contribution >= 0.6 is 0 Å². The Morgan fingerprint density at radius 1 is 1.38 bits per heavy atom. The van der Waals surface area contributed by atoms with E-state index in [9.17, 15) is 0 Å². The number of rotatable bonds is 2. The van der Waals surface area contributed by atoms with Crippen LogP contribution in [0.15, 0.2) is 22.4 Å². The quantitative estimate of drug-likeness (QED) is 0.559. The summed E-state index contributed by atoms with van der Waals surface area (Å²) in [5.41, 5.74) is 8.10. The van der Waals surface area contributed by atoms with Crippen LogP contribution in [0.2, 0.25) is 0 Å². The van der Waals surface area contributed by atoms with Crippen LogP contribution in [0, 0.1) is 6.92 Å². The Hall–Kier alpha value is -1.58. The normalized spacial score (nSPS) is 10.7. The van der Waals surface area contributed by atoms with Crippen LogP contribution in [0.4, 0.5) is 11.4 Å². The summed E-state index contributed by atoms with van der Waals surface area (Å²) >= 11 is 0. The van der Waals surface area contributed by atoms with E-state index in [1.54, 1.807) is 20.2 Å². The molecule has 0 aliphatic heterocycles. The van der Waals surface area contributed by atoms with Gasteiger partial charge in [-0.1, -0.05) is 0 Å². The maximum Gasteiger partial charge on any atom is 0.143 e. The van der Waals surface area contributed by atoms with Crippen LogP contribution in [-0.4, -0.2) is 14.2 Å². The summed E-state index contributed by atoms with van der Waals surface area (Å²) in [5.74, 6) is 0.632. The van der Waals surface area contributed by atoms with E-state index in [4.69, 9.17) is 10.5 Å². The van der Waals surface area contributed by atoms with Gasteiger partial charge in [-0.2, -0.15) is 10.2 Å². The molecule has 0 aliphatic carbocycles. The second-order valence-corrected chi connectivity index (χ2v) is 2.68. The van der Waals surface area contributed by atoms with Gasteiger partial charge in [0, 0.05) is 13.1 Å². The topological polar surface area (TPSA) is 60.0 Å². The van der Waals surface area contributed by atoms with Crippen molar-refractivity contribution in [2.75, 3.05) is 19.9 Å². The first kappa shape index (κ1) is 9.51. The van der Waals surface area contributed by atoms with Gasteiger partial charge >= 0.3 is 0 Å². The number of aryl methyl sites for hydroxylation is 1. The third-order valence-corrected chi connectivity index (χ3v) is 1.76. The molecule has 2 N–H and O–H groups in total. The summed E-state index contributed by atoms with van der Waals surface area (Å²) < 4.78 is 5.06. The molecule has 0 saturated carbocycles. The van der Waals surface area contributed by atoms with Crippen LogP contribution < -0.4 is 10.5 Å². The fourth-order valence-electron chi connectivity index (χ4n) is 1.09. The molecule has 1 rings (SSSR count). The van der Waals surface area contributed by atoms with E-state index in [-0.39, 0.29) is 0 Å². The molecule has 70 valence electrons. The van der Waals surface area contributed by atoms with Crippen LogP contribution in [-0.2, 0) is 0 Å². The molecule has 0 heterocycles. The Bertz CT molecular complexity index is 334. The zero-order valence-electron chi connectivity index (χ0n) is 8.03. The van der Waals surface area contributed by atoms with Crippen LogP contribution in [0.25, 0.3) is 0 Å². The minimum atomic E-state index is 0.620. The number of ether oxygens (including phenoxy) is 1. The molecule has 0 spiro atoms. The van der Waals surface area contributed by atoms with Crippen molar-refractivity contribution in [3.05, 3.63) is 17.7 Å². The van der Waals surface area contributed by atoms with Gasteiger partial charge in [-0.3, -0.25) is 0 Å². The predicted molar refractivity (Wildman–Crippen MR) is 52.6 cm³/mol. The average Bonchev–Trinajstić information content (AvgIpc) is 2.10. The van der Waals surface area contributed by atoms with Crippen molar-refractivity contribution in [1.82, 2.24) is 0 Å². The molecule has 0 unspecified atom stereocenters. The van der Waals surface area contributed by atoms with Crippen LogP contribution in [0.1, 0.15) is 5.56 Å². The monoisotopic (exact) mass is 179 g/mol. The lowest BCUT2D eigenvalue weighted by Crippen LogP contribution is -1.92. The molecule has 0 aliphatic rings. The summed E-state index contributed by atoms with van der Waals surface area (Å²) in [6.07, 6.45) is 0. The molecule has 0 aromatic heterocycles. The van der Waals surface area contributed by atoms with Crippen molar-refractivity contribution < 1.29 is 4.74 Å². The van der Waals surface area contributed by atoms with Crippen LogP contribution in [0.5, 0.6) is 5.75 Å². The molecule has 0 amide bonds. The summed E-state index contributed by atoms with van der Waals surface area (Å²) in [7, 11) is 3.20. The van der Waals surface area contributed by atoms with E-state index in [1.165, 1.54) is 0 Å². The molecule has 4 nitrogen and oxygen atoms in total. The van der Waals surface area contributed by atoms with Gasteiger partial charge in [-0.25, -0.2) is 0 Å². The van der Waals surface area contributed by atoms with Gasteiger partial charge in [0.25, 0.3) is 0 Å². The number of nitrogens with zero attached hydrogens (tertiary/aromatic N) is 2. The third kappa shape index (κ3) is 1.96. The molecule has 0 fully saturated rings. The van der Waals surface area contributed by atoms with Crippen molar-refractivity contribution >= 4 is 11.4 Å². The summed E-state index contributed by atoms with van der Waals surface area (Å²) in [6, 6.07) is 3.60. The third-order valence-electron chi connectivity index (χ3n) is 1.76. The van der Waals surface area contributed by atoms with Gasteiger partial charge < -0.3 is 10.5 Å². The highest BCUT2D eigenvalue weighted by Gasteiger charge is 2.04. The molecule has 0 bridgehead atoms. The molecule has 0 atom stereocenters. The number of hydrogen-bond donors (Lipinski definition) is 1. The van der Waals surface area contributed by atoms with Crippen molar-refractivity contribution in [2.24, 2.45) is 10.2 Å². The van der Waals surface area contributed by atoms with E-state index in [1.807, 2.05) is 13.0 Å². The molecule has 1 aromatic carbocycles. The smallest absolute Gasteiger partial charge is 0.143 e. The SMILES string of the molecule is CN=Nc1cc(OC)c(N)cc1C. The Morgan fingerprint density at radius 2 is 2.08 bits per heavy atom. The van der Waals surface area contributed by atoms with E-state index in [2.05, 4.69) is 10.2 Å². The summed E-state index contributed by atoms with van der Waals surface area (Å²) in [6.45, 7) is 1.93. The maximum absolute atomic E-state index is 5.70. The van der Waals surface area contributed by atoms with Crippen LogP contribution in [0.3, 0.4) is 0 Å². The zero-order chi connectivity index (χ0) is 9.84. The summed E-state index contributed by atoms with van der Waals surface area (Å²) in [4.78, 5) is 0. The standard InChI is InChI=1S/C9H13N3O/c1-6-4-7(10)9(13-3)5-8(6)12-11-2/h4-5H,10H2,1-3H3. The predicted octanol–water partition coefficient (Wildman–Crippen LogP) is 2.30. The number of nitrogens with two attached hydrogens (primary N) is 1. The Morgan fingerprint density at radius 3 is 2.62 bits per heavy atom. The van der Waals surface area contributed by atoms with Gasteiger partial charge in [-0.05, 0) is 18.6 Å². The molecule has 4 heteroatoms. The van der Waals surface area contributed by atoms with Gasteiger partial charge in [0.2, 0.25) is 0 Å². The number of nitrogen functional groups attached to an aromatic ring is 1. The number of benzene rings is 1. The van der Waals surface area contributed by atoms with E-state index in [0.717, 1.165) is 11.3 Å². The molecule has 0 radical (unpaired) electrons. The van der Waals surface area contributed by atoms with Gasteiger partial charge in [0.05, 0.1) is 18.5 Å². The molecule has 13 heavy (non-hydrogen) atoms. The lowest BCUT2D eigenvalue weighted by molar-refractivity contribution is 0.417.